The number of nitrogens with one attached hydrogen (secondary N) is 1. The fraction of sp³-hybridized carbons (Fsp3) is 0.136. The van der Waals surface area contributed by atoms with Crippen LogP contribution in [-0.4, -0.2) is 26.0 Å². The van der Waals surface area contributed by atoms with Crippen molar-refractivity contribution < 1.29 is 9.32 Å². The average Bonchev–Trinajstić information content (AvgIpc) is 3.52. The lowest BCUT2D eigenvalue weighted by Gasteiger charge is -2.06. The van der Waals surface area contributed by atoms with E-state index in [0.29, 0.717) is 34.6 Å². The molecule has 31 heavy (non-hydrogen) atoms. The van der Waals surface area contributed by atoms with Gasteiger partial charge in [-0.3, -0.25) is 9.78 Å². The van der Waals surface area contributed by atoms with Crippen LogP contribution in [0.25, 0.3) is 32.9 Å². The average molecular weight is 448 g/mol. The molecule has 0 fully saturated rings. The van der Waals surface area contributed by atoms with E-state index in [0.717, 1.165) is 21.1 Å². The van der Waals surface area contributed by atoms with E-state index in [4.69, 9.17) is 4.52 Å². The summed E-state index contributed by atoms with van der Waals surface area (Å²) in [6.07, 6.45) is 3.47. The lowest BCUT2D eigenvalue weighted by molar-refractivity contribution is 0.0952. The van der Waals surface area contributed by atoms with E-state index in [-0.39, 0.29) is 5.91 Å². The number of hydrogen-bond acceptors (Lipinski definition) is 8. The van der Waals surface area contributed by atoms with Crippen molar-refractivity contribution in [1.29, 1.82) is 0 Å². The second-order valence-electron chi connectivity index (χ2n) is 6.96. The molecular formula is C22H17N5O2S2. The molecule has 0 saturated heterocycles. The Morgan fingerprint density at radius 3 is 2.71 bits per heavy atom. The fourth-order valence-electron chi connectivity index (χ4n) is 3.27. The van der Waals surface area contributed by atoms with Gasteiger partial charge in [-0.05, 0) is 44.2 Å². The molecule has 0 aliphatic heterocycles. The molecule has 0 atom stereocenters. The maximum Gasteiger partial charge on any atom is 0.259 e. The first-order valence-corrected chi connectivity index (χ1v) is 11.2. The molecule has 0 spiro atoms. The van der Waals surface area contributed by atoms with Gasteiger partial charge in [0.05, 0.1) is 39.5 Å². The summed E-state index contributed by atoms with van der Waals surface area (Å²) in [7, 11) is 0. The van der Waals surface area contributed by atoms with Crippen molar-refractivity contribution in [2.45, 2.75) is 20.4 Å². The molecule has 0 aliphatic carbocycles. The highest BCUT2D eigenvalue weighted by atomic mass is 32.1. The number of carbonyl (C=O) groups excluding carboxylic acids is 1. The van der Waals surface area contributed by atoms with Crippen LogP contribution in [0.2, 0.25) is 0 Å². The highest BCUT2D eigenvalue weighted by Crippen LogP contribution is 2.31. The molecule has 0 aromatic carbocycles. The van der Waals surface area contributed by atoms with Gasteiger partial charge in [0.15, 0.2) is 0 Å². The van der Waals surface area contributed by atoms with Gasteiger partial charge in [0.1, 0.15) is 5.01 Å². The van der Waals surface area contributed by atoms with E-state index in [1.165, 1.54) is 16.2 Å². The van der Waals surface area contributed by atoms with E-state index in [9.17, 15) is 4.79 Å². The summed E-state index contributed by atoms with van der Waals surface area (Å²) >= 11 is 3.12. The zero-order valence-corrected chi connectivity index (χ0v) is 18.4. The number of nitrogens with zero attached hydrogens (tertiary/aromatic N) is 4. The third kappa shape index (κ3) is 3.85. The molecule has 0 radical (unpaired) electrons. The number of fused-ring (bicyclic) bond motifs is 1. The van der Waals surface area contributed by atoms with Crippen LogP contribution in [0.3, 0.4) is 0 Å². The summed E-state index contributed by atoms with van der Waals surface area (Å²) < 4.78 is 5.37. The van der Waals surface area contributed by atoms with Gasteiger partial charge in [-0.2, -0.15) is 0 Å². The standard InChI is InChI=1S/C22H17N5O2S2/c1-12-3-4-18(31-12)16-9-15(20-13(2)27-29-22(20)26-16)21(28)24-10-19-25-17(11-30-19)14-5-7-23-8-6-14/h3-9,11H,10H2,1-2H3,(H,24,28). The van der Waals surface area contributed by atoms with Crippen LogP contribution < -0.4 is 5.32 Å². The number of carbonyl (C=O) groups is 1. The Bertz CT molecular complexity index is 1390. The van der Waals surface area contributed by atoms with Crippen LogP contribution in [0.5, 0.6) is 0 Å². The van der Waals surface area contributed by atoms with Gasteiger partial charge in [0.2, 0.25) is 0 Å². The summed E-state index contributed by atoms with van der Waals surface area (Å²) in [5, 5.41) is 10.4. The fourth-order valence-corrected chi connectivity index (χ4v) is 4.84. The van der Waals surface area contributed by atoms with E-state index >= 15 is 0 Å². The van der Waals surface area contributed by atoms with E-state index in [1.54, 1.807) is 36.7 Å². The monoisotopic (exact) mass is 447 g/mol. The normalized spacial score (nSPS) is 11.2. The molecule has 5 aromatic rings. The number of hydrogen-bond donors (Lipinski definition) is 1. The molecule has 154 valence electrons. The minimum atomic E-state index is -0.214. The number of amides is 1. The van der Waals surface area contributed by atoms with Crippen LogP contribution in [0.4, 0.5) is 0 Å². The minimum Gasteiger partial charge on any atom is -0.345 e. The second kappa shape index (κ2) is 8.01. The Morgan fingerprint density at radius 1 is 1.10 bits per heavy atom. The van der Waals surface area contributed by atoms with E-state index in [2.05, 4.69) is 25.4 Å². The Morgan fingerprint density at radius 2 is 1.94 bits per heavy atom. The van der Waals surface area contributed by atoms with Gasteiger partial charge in [-0.25, -0.2) is 9.97 Å². The largest absolute Gasteiger partial charge is 0.345 e. The predicted octanol–water partition coefficient (Wildman–Crippen LogP) is 5.02. The number of thiophene rings is 1. The van der Waals surface area contributed by atoms with Crippen LogP contribution in [-0.2, 0) is 6.54 Å². The van der Waals surface area contributed by atoms with Crippen molar-refractivity contribution in [2.75, 3.05) is 0 Å². The van der Waals surface area contributed by atoms with Crippen molar-refractivity contribution in [3.63, 3.8) is 0 Å². The minimum absolute atomic E-state index is 0.214. The van der Waals surface area contributed by atoms with E-state index in [1.807, 2.05) is 36.6 Å². The summed E-state index contributed by atoms with van der Waals surface area (Å²) in [6.45, 7) is 4.17. The van der Waals surface area contributed by atoms with Crippen molar-refractivity contribution in [3.8, 4) is 21.8 Å². The van der Waals surface area contributed by atoms with Gasteiger partial charge in [-0.15, -0.1) is 22.7 Å². The molecule has 1 N–H and O–H groups in total. The number of aromatic nitrogens is 4. The van der Waals surface area contributed by atoms with Gasteiger partial charge >= 0.3 is 0 Å². The van der Waals surface area contributed by atoms with Crippen molar-refractivity contribution >= 4 is 39.7 Å². The highest BCUT2D eigenvalue weighted by molar-refractivity contribution is 7.15. The van der Waals surface area contributed by atoms with Gasteiger partial charge in [0, 0.05) is 28.2 Å². The number of rotatable bonds is 5. The predicted molar refractivity (Wildman–Crippen MR) is 121 cm³/mol. The van der Waals surface area contributed by atoms with Crippen molar-refractivity contribution in [1.82, 2.24) is 25.4 Å². The maximum absolute atomic E-state index is 13.1. The Hall–Kier alpha value is -3.43. The topological polar surface area (TPSA) is 93.8 Å². The maximum atomic E-state index is 13.1. The molecule has 0 unspecified atom stereocenters. The van der Waals surface area contributed by atoms with Gasteiger partial charge in [-0.1, -0.05) is 5.16 Å². The van der Waals surface area contributed by atoms with Crippen LogP contribution in [0.15, 0.2) is 52.6 Å². The Balaban J connectivity index is 1.42. The van der Waals surface area contributed by atoms with Crippen LogP contribution in [0, 0.1) is 13.8 Å². The summed E-state index contributed by atoms with van der Waals surface area (Å²) in [6, 6.07) is 9.65. The number of thiazole rings is 1. The lowest BCUT2D eigenvalue weighted by Crippen LogP contribution is -2.23. The molecule has 1 amide bonds. The van der Waals surface area contributed by atoms with Crippen LogP contribution in [0.1, 0.15) is 25.9 Å². The summed E-state index contributed by atoms with van der Waals surface area (Å²) in [5.41, 5.74) is 4.05. The first kappa shape index (κ1) is 19.5. The highest BCUT2D eigenvalue weighted by Gasteiger charge is 2.20. The molecular weight excluding hydrogens is 430 g/mol. The zero-order valence-electron chi connectivity index (χ0n) is 16.7. The van der Waals surface area contributed by atoms with E-state index < -0.39 is 0 Å². The SMILES string of the molecule is Cc1ccc(-c2cc(C(=O)NCc3nc(-c4ccncc4)cs3)c3c(C)noc3n2)s1. The molecule has 0 aliphatic rings. The number of aryl methyl sites for hydroxylation is 2. The molecule has 5 heterocycles. The van der Waals surface area contributed by atoms with Crippen LogP contribution >= 0.6 is 22.7 Å². The third-order valence-corrected chi connectivity index (χ3v) is 6.65. The van der Waals surface area contributed by atoms with Gasteiger partial charge in [0.25, 0.3) is 11.6 Å². The quantitative estimate of drug-likeness (QED) is 0.407. The second-order valence-corrected chi connectivity index (χ2v) is 9.19. The van der Waals surface area contributed by atoms with Crippen molar-refractivity contribution in [3.05, 3.63) is 69.2 Å². The summed E-state index contributed by atoms with van der Waals surface area (Å²) in [4.78, 5) is 28.5. The molecule has 0 bridgehead atoms. The molecule has 5 rings (SSSR count). The third-order valence-electron chi connectivity index (χ3n) is 4.78. The molecule has 0 saturated carbocycles. The summed E-state index contributed by atoms with van der Waals surface area (Å²) in [5.74, 6) is -0.214. The zero-order chi connectivity index (χ0) is 21.4. The first-order chi connectivity index (χ1) is 15.1. The molecule has 7 nitrogen and oxygen atoms in total. The smallest absolute Gasteiger partial charge is 0.259 e. The molecule has 5 aromatic heterocycles. The Labute approximate surface area is 185 Å². The lowest BCUT2D eigenvalue weighted by atomic mass is 10.1. The Kier molecular flexibility index (Phi) is 5.05. The molecule has 9 heteroatoms. The first-order valence-electron chi connectivity index (χ1n) is 9.55. The van der Waals surface area contributed by atoms with Crippen molar-refractivity contribution in [2.24, 2.45) is 0 Å². The number of pyridine rings is 2. The van der Waals surface area contributed by atoms with Gasteiger partial charge < -0.3 is 9.84 Å².